The molecule has 2 aromatic carbocycles. The molecule has 3 atom stereocenters. The van der Waals surface area contributed by atoms with Crippen LogP contribution in [0.2, 0.25) is 0 Å². The fraction of sp³-hybridized carbons (Fsp3) is 0.423. The van der Waals surface area contributed by atoms with Gasteiger partial charge >= 0.3 is 12.1 Å². The highest BCUT2D eigenvalue weighted by Gasteiger charge is 2.44. The van der Waals surface area contributed by atoms with Gasteiger partial charge in [0.1, 0.15) is 18.2 Å². The van der Waals surface area contributed by atoms with Gasteiger partial charge in [-0.2, -0.15) is 0 Å². The second-order valence-electron chi connectivity index (χ2n) is 9.27. The van der Waals surface area contributed by atoms with Gasteiger partial charge in [-0.3, -0.25) is 9.59 Å². The molecule has 2 aliphatic carbocycles. The number of carboxylic acids is 1. The Kier molecular flexibility index (Phi) is 6.40. The average molecular weight is 451 g/mol. The SMILES string of the molecule is CC1CCCC(NC(=O)OCC2c3ccccc3-c3ccccc32)(C(=O)N[C@@H](C)C(=O)O)C1. The summed E-state index contributed by atoms with van der Waals surface area (Å²) in [5.41, 5.74) is 3.33. The van der Waals surface area contributed by atoms with Crippen LogP contribution in [-0.4, -0.2) is 41.3 Å². The second-order valence-corrected chi connectivity index (χ2v) is 9.27. The van der Waals surface area contributed by atoms with E-state index in [1.807, 2.05) is 43.3 Å². The van der Waals surface area contributed by atoms with Crippen molar-refractivity contribution in [3.63, 3.8) is 0 Å². The third-order valence-corrected chi connectivity index (χ3v) is 6.84. The van der Waals surface area contributed by atoms with Crippen LogP contribution >= 0.6 is 0 Å². The number of rotatable bonds is 6. The van der Waals surface area contributed by atoms with Crippen LogP contribution < -0.4 is 10.6 Å². The lowest BCUT2D eigenvalue weighted by molar-refractivity contribution is -0.142. The third-order valence-electron chi connectivity index (χ3n) is 6.84. The molecular weight excluding hydrogens is 420 g/mol. The fourth-order valence-corrected chi connectivity index (χ4v) is 5.15. The van der Waals surface area contributed by atoms with Crippen LogP contribution in [0, 0.1) is 5.92 Å². The van der Waals surface area contributed by atoms with Crippen molar-refractivity contribution in [3.05, 3.63) is 59.7 Å². The number of fused-ring (bicyclic) bond motifs is 3. The lowest BCUT2D eigenvalue weighted by Gasteiger charge is -2.39. The molecular formula is C26H30N2O5. The summed E-state index contributed by atoms with van der Waals surface area (Å²) < 4.78 is 5.66. The van der Waals surface area contributed by atoms with Crippen LogP contribution in [0.15, 0.2) is 48.5 Å². The zero-order chi connectivity index (χ0) is 23.6. The Morgan fingerprint density at radius 3 is 2.27 bits per heavy atom. The first kappa shape index (κ1) is 22.8. The third kappa shape index (κ3) is 4.58. The summed E-state index contributed by atoms with van der Waals surface area (Å²) in [5, 5.41) is 14.5. The summed E-state index contributed by atoms with van der Waals surface area (Å²) in [7, 11) is 0. The first-order chi connectivity index (χ1) is 15.8. The van der Waals surface area contributed by atoms with Crippen molar-refractivity contribution in [2.24, 2.45) is 5.92 Å². The Morgan fingerprint density at radius 1 is 1.09 bits per heavy atom. The molecule has 1 saturated carbocycles. The van der Waals surface area contributed by atoms with Gasteiger partial charge in [-0.05, 0) is 47.9 Å². The smallest absolute Gasteiger partial charge is 0.408 e. The summed E-state index contributed by atoms with van der Waals surface area (Å²) in [6, 6.07) is 15.1. The lowest BCUT2D eigenvalue weighted by atomic mass is 9.75. The Balaban J connectivity index is 1.48. The van der Waals surface area contributed by atoms with Gasteiger partial charge in [0.2, 0.25) is 5.91 Å². The second kappa shape index (κ2) is 9.25. The molecule has 7 heteroatoms. The number of carbonyl (C=O) groups excluding carboxylic acids is 2. The van der Waals surface area contributed by atoms with Gasteiger partial charge in [0, 0.05) is 5.92 Å². The molecule has 2 aliphatic rings. The van der Waals surface area contributed by atoms with Gasteiger partial charge in [-0.15, -0.1) is 0 Å². The minimum Gasteiger partial charge on any atom is -0.480 e. The Morgan fingerprint density at radius 2 is 1.70 bits per heavy atom. The van der Waals surface area contributed by atoms with E-state index < -0.39 is 29.6 Å². The number of benzene rings is 2. The quantitative estimate of drug-likeness (QED) is 0.616. The number of ether oxygens (including phenoxy) is 1. The van der Waals surface area contributed by atoms with Crippen molar-refractivity contribution in [1.29, 1.82) is 0 Å². The molecule has 0 saturated heterocycles. The normalized spacial score (nSPS) is 22.5. The molecule has 0 radical (unpaired) electrons. The molecule has 0 bridgehead atoms. The maximum absolute atomic E-state index is 13.1. The highest BCUT2D eigenvalue weighted by atomic mass is 16.5. The maximum Gasteiger partial charge on any atom is 0.408 e. The van der Waals surface area contributed by atoms with Crippen LogP contribution in [-0.2, 0) is 14.3 Å². The van der Waals surface area contributed by atoms with E-state index in [2.05, 4.69) is 22.8 Å². The van der Waals surface area contributed by atoms with E-state index in [4.69, 9.17) is 4.74 Å². The van der Waals surface area contributed by atoms with Gasteiger partial charge in [0.05, 0.1) is 0 Å². The minimum atomic E-state index is -1.18. The van der Waals surface area contributed by atoms with Crippen molar-refractivity contribution in [2.75, 3.05) is 6.61 Å². The number of nitrogens with one attached hydrogen (secondary N) is 2. The number of hydrogen-bond acceptors (Lipinski definition) is 4. The standard InChI is InChI=1S/C26H30N2O5/c1-16-8-7-13-26(14-16,24(31)27-17(2)23(29)30)28-25(32)33-15-22-20-11-5-3-9-18(20)19-10-4-6-12-21(19)22/h3-6,9-12,16-17,22H,7-8,13-15H2,1-2H3,(H,27,31)(H,28,32)(H,29,30)/t16?,17-,26?/m0/s1. The van der Waals surface area contributed by atoms with Crippen molar-refractivity contribution in [2.45, 2.75) is 57.0 Å². The van der Waals surface area contributed by atoms with Crippen molar-refractivity contribution < 1.29 is 24.2 Å². The van der Waals surface area contributed by atoms with Gasteiger partial charge in [-0.25, -0.2) is 4.79 Å². The monoisotopic (exact) mass is 450 g/mol. The molecule has 7 nitrogen and oxygen atoms in total. The molecule has 0 aliphatic heterocycles. The number of carbonyl (C=O) groups is 3. The number of alkyl carbamates (subject to hydrolysis) is 1. The van der Waals surface area contributed by atoms with Crippen LogP contribution in [0.1, 0.15) is 56.6 Å². The molecule has 4 rings (SSSR count). The minimum absolute atomic E-state index is 0.0785. The predicted octanol–water partition coefficient (Wildman–Crippen LogP) is 4.06. The Bertz CT molecular complexity index is 1020. The summed E-state index contributed by atoms with van der Waals surface area (Å²) in [5.74, 6) is -1.45. The fourth-order valence-electron chi connectivity index (χ4n) is 5.15. The van der Waals surface area contributed by atoms with E-state index in [9.17, 15) is 19.5 Å². The number of amides is 2. The molecule has 2 aromatic rings. The van der Waals surface area contributed by atoms with E-state index in [0.717, 1.165) is 35.1 Å². The van der Waals surface area contributed by atoms with Gasteiger partial charge in [0.25, 0.3) is 0 Å². The topological polar surface area (TPSA) is 105 Å². The molecule has 0 aromatic heterocycles. The van der Waals surface area contributed by atoms with Crippen molar-refractivity contribution in [1.82, 2.24) is 10.6 Å². The summed E-state index contributed by atoms with van der Waals surface area (Å²) in [6.45, 7) is 3.59. The molecule has 2 amide bonds. The van der Waals surface area contributed by atoms with Crippen LogP contribution in [0.5, 0.6) is 0 Å². The molecule has 174 valence electrons. The summed E-state index contributed by atoms with van der Waals surface area (Å²) in [4.78, 5) is 37.2. The molecule has 2 unspecified atom stereocenters. The molecule has 33 heavy (non-hydrogen) atoms. The highest BCUT2D eigenvalue weighted by Crippen LogP contribution is 2.44. The highest BCUT2D eigenvalue weighted by molar-refractivity contribution is 5.92. The zero-order valence-electron chi connectivity index (χ0n) is 19.0. The molecule has 0 spiro atoms. The summed E-state index contributed by atoms with van der Waals surface area (Å²) in [6.07, 6.45) is 1.94. The number of hydrogen-bond donors (Lipinski definition) is 3. The Labute approximate surface area is 193 Å². The van der Waals surface area contributed by atoms with Gasteiger partial charge < -0.3 is 20.5 Å². The van der Waals surface area contributed by atoms with Gasteiger partial charge in [-0.1, -0.05) is 68.3 Å². The first-order valence-electron chi connectivity index (χ1n) is 11.5. The van der Waals surface area contributed by atoms with E-state index in [0.29, 0.717) is 12.8 Å². The number of aliphatic carboxylic acids is 1. The summed E-state index contributed by atoms with van der Waals surface area (Å²) >= 11 is 0. The zero-order valence-corrected chi connectivity index (χ0v) is 19.0. The average Bonchev–Trinajstić information content (AvgIpc) is 3.11. The lowest BCUT2D eigenvalue weighted by Crippen LogP contribution is -2.62. The van der Waals surface area contributed by atoms with E-state index in [1.54, 1.807) is 0 Å². The van der Waals surface area contributed by atoms with Crippen LogP contribution in [0.3, 0.4) is 0 Å². The molecule has 0 heterocycles. The Hall–Kier alpha value is -3.35. The van der Waals surface area contributed by atoms with E-state index in [-0.39, 0.29) is 18.4 Å². The molecule has 3 N–H and O–H groups in total. The maximum atomic E-state index is 13.1. The van der Waals surface area contributed by atoms with E-state index >= 15 is 0 Å². The van der Waals surface area contributed by atoms with Crippen molar-refractivity contribution in [3.8, 4) is 11.1 Å². The predicted molar refractivity (Wildman–Crippen MR) is 124 cm³/mol. The number of carboxylic acid groups (broad SMARTS) is 1. The molecule has 1 fully saturated rings. The van der Waals surface area contributed by atoms with Crippen molar-refractivity contribution >= 4 is 18.0 Å². The first-order valence-corrected chi connectivity index (χ1v) is 11.5. The van der Waals surface area contributed by atoms with Crippen LogP contribution in [0.4, 0.5) is 4.79 Å². The van der Waals surface area contributed by atoms with Crippen LogP contribution in [0.25, 0.3) is 11.1 Å². The van der Waals surface area contributed by atoms with E-state index in [1.165, 1.54) is 6.92 Å². The van der Waals surface area contributed by atoms with Gasteiger partial charge in [0.15, 0.2) is 0 Å². The largest absolute Gasteiger partial charge is 0.480 e.